The summed E-state index contributed by atoms with van der Waals surface area (Å²) in [6.45, 7) is 0.500. The van der Waals surface area contributed by atoms with Crippen LogP contribution in [0.3, 0.4) is 0 Å². The number of esters is 1. The van der Waals surface area contributed by atoms with Crippen molar-refractivity contribution in [1.82, 2.24) is 0 Å². The molecule has 3 aromatic carbocycles. The highest BCUT2D eigenvalue weighted by atomic mass is 16.5. The van der Waals surface area contributed by atoms with Crippen LogP contribution >= 0.6 is 0 Å². The van der Waals surface area contributed by atoms with Gasteiger partial charge in [-0.25, -0.2) is 4.79 Å². The number of carbonyl (C=O) groups excluding carboxylic acids is 1. The minimum atomic E-state index is -0.347. The molecule has 0 amide bonds. The zero-order chi connectivity index (χ0) is 18.5. The molecule has 3 nitrogen and oxygen atoms in total. The zero-order valence-corrected chi connectivity index (χ0v) is 15.2. The first-order chi connectivity index (χ1) is 13.3. The van der Waals surface area contributed by atoms with E-state index < -0.39 is 0 Å². The van der Waals surface area contributed by atoms with Crippen LogP contribution in [-0.4, -0.2) is 5.97 Å². The summed E-state index contributed by atoms with van der Waals surface area (Å²) in [6, 6.07) is 23.0. The van der Waals surface area contributed by atoms with E-state index in [-0.39, 0.29) is 5.97 Å². The van der Waals surface area contributed by atoms with Crippen LogP contribution in [-0.2, 0) is 19.4 Å². The highest BCUT2D eigenvalue weighted by Gasteiger charge is 2.13. The Morgan fingerprint density at radius 3 is 2.26 bits per heavy atom. The minimum Gasteiger partial charge on any atom is -0.489 e. The summed E-state index contributed by atoms with van der Waals surface area (Å²) >= 11 is 0. The van der Waals surface area contributed by atoms with Gasteiger partial charge in [-0.1, -0.05) is 36.4 Å². The summed E-state index contributed by atoms with van der Waals surface area (Å²) in [7, 11) is 0. The lowest BCUT2D eigenvalue weighted by Gasteiger charge is -2.16. The van der Waals surface area contributed by atoms with Gasteiger partial charge in [0.15, 0.2) is 0 Å². The number of hydrogen-bond donors (Lipinski definition) is 0. The molecule has 27 heavy (non-hydrogen) atoms. The van der Waals surface area contributed by atoms with Crippen LogP contribution in [0.2, 0.25) is 0 Å². The Morgan fingerprint density at radius 1 is 0.778 bits per heavy atom. The van der Waals surface area contributed by atoms with Crippen molar-refractivity contribution in [3.63, 3.8) is 0 Å². The fourth-order valence-electron chi connectivity index (χ4n) is 3.37. The van der Waals surface area contributed by atoms with Gasteiger partial charge in [0.2, 0.25) is 0 Å². The Bertz CT molecular complexity index is 914. The van der Waals surface area contributed by atoms with E-state index in [2.05, 4.69) is 6.07 Å². The molecule has 0 atom stereocenters. The number of ether oxygens (including phenoxy) is 2. The third kappa shape index (κ3) is 4.37. The average molecular weight is 358 g/mol. The maximum absolute atomic E-state index is 12.4. The van der Waals surface area contributed by atoms with E-state index in [1.165, 1.54) is 24.0 Å². The molecule has 0 radical (unpaired) electrons. The van der Waals surface area contributed by atoms with Crippen molar-refractivity contribution in [3.05, 3.63) is 95.1 Å². The SMILES string of the molecule is O=C(Oc1ccc2c(c1)CCCC2)c1ccc(OCc2ccccc2)cc1. The van der Waals surface area contributed by atoms with Gasteiger partial charge in [0, 0.05) is 0 Å². The van der Waals surface area contributed by atoms with Crippen molar-refractivity contribution in [2.24, 2.45) is 0 Å². The van der Waals surface area contributed by atoms with E-state index in [0.29, 0.717) is 17.9 Å². The maximum atomic E-state index is 12.4. The van der Waals surface area contributed by atoms with Gasteiger partial charge in [0.25, 0.3) is 0 Å². The first kappa shape index (κ1) is 17.3. The number of aryl methyl sites for hydroxylation is 2. The minimum absolute atomic E-state index is 0.347. The van der Waals surface area contributed by atoms with Crippen molar-refractivity contribution in [2.75, 3.05) is 0 Å². The normalized spacial score (nSPS) is 12.9. The van der Waals surface area contributed by atoms with Crippen LogP contribution < -0.4 is 9.47 Å². The van der Waals surface area contributed by atoms with Crippen molar-refractivity contribution in [2.45, 2.75) is 32.3 Å². The third-order valence-electron chi connectivity index (χ3n) is 4.87. The van der Waals surface area contributed by atoms with Gasteiger partial charge >= 0.3 is 5.97 Å². The van der Waals surface area contributed by atoms with E-state index in [0.717, 1.165) is 24.2 Å². The van der Waals surface area contributed by atoms with Gasteiger partial charge in [-0.3, -0.25) is 0 Å². The van der Waals surface area contributed by atoms with E-state index in [9.17, 15) is 4.79 Å². The maximum Gasteiger partial charge on any atom is 0.343 e. The van der Waals surface area contributed by atoms with Crippen LogP contribution in [0, 0.1) is 0 Å². The summed E-state index contributed by atoms with van der Waals surface area (Å²) in [4.78, 5) is 12.4. The molecule has 0 fully saturated rings. The summed E-state index contributed by atoms with van der Waals surface area (Å²) in [6.07, 6.45) is 4.63. The molecular formula is C24H22O3. The second-order valence-electron chi connectivity index (χ2n) is 6.83. The first-order valence-corrected chi connectivity index (χ1v) is 9.39. The fraction of sp³-hybridized carbons (Fsp3) is 0.208. The molecule has 3 aromatic rings. The number of carbonyl (C=O) groups is 1. The van der Waals surface area contributed by atoms with Crippen LogP contribution in [0.4, 0.5) is 0 Å². The summed E-state index contributed by atoms with van der Waals surface area (Å²) in [5, 5.41) is 0. The molecular weight excluding hydrogens is 336 g/mol. The van der Waals surface area contributed by atoms with Gasteiger partial charge in [0.05, 0.1) is 5.56 Å². The second-order valence-corrected chi connectivity index (χ2v) is 6.83. The largest absolute Gasteiger partial charge is 0.489 e. The lowest BCUT2D eigenvalue weighted by atomic mass is 9.92. The molecule has 0 saturated heterocycles. The molecule has 136 valence electrons. The lowest BCUT2D eigenvalue weighted by molar-refractivity contribution is 0.0734. The Morgan fingerprint density at radius 2 is 1.48 bits per heavy atom. The standard InChI is InChI=1S/C24H22O3/c25-24(27-23-15-10-19-8-4-5-9-21(19)16-23)20-11-13-22(14-12-20)26-17-18-6-2-1-3-7-18/h1-3,6-7,10-16H,4-5,8-9,17H2. The number of rotatable bonds is 5. The number of benzene rings is 3. The molecule has 0 unspecified atom stereocenters. The Hall–Kier alpha value is -3.07. The lowest BCUT2D eigenvalue weighted by Crippen LogP contribution is -2.10. The van der Waals surface area contributed by atoms with Gasteiger partial charge in [-0.05, 0) is 78.8 Å². The molecule has 0 N–H and O–H groups in total. The zero-order valence-electron chi connectivity index (χ0n) is 15.2. The number of hydrogen-bond acceptors (Lipinski definition) is 3. The molecule has 0 heterocycles. The van der Waals surface area contributed by atoms with Crippen LogP contribution in [0.1, 0.15) is 39.9 Å². The first-order valence-electron chi connectivity index (χ1n) is 9.39. The second kappa shape index (κ2) is 8.09. The molecule has 0 bridgehead atoms. The van der Waals surface area contributed by atoms with Gasteiger partial charge in [0.1, 0.15) is 18.1 Å². The van der Waals surface area contributed by atoms with Crippen LogP contribution in [0.15, 0.2) is 72.8 Å². The van der Waals surface area contributed by atoms with Crippen molar-refractivity contribution in [1.29, 1.82) is 0 Å². The molecule has 0 spiro atoms. The molecule has 3 heteroatoms. The highest BCUT2D eigenvalue weighted by Crippen LogP contribution is 2.26. The summed E-state index contributed by atoms with van der Waals surface area (Å²) in [5.41, 5.74) is 4.30. The summed E-state index contributed by atoms with van der Waals surface area (Å²) in [5.74, 6) is 0.995. The van der Waals surface area contributed by atoms with E-state index in [1.54, 1.807) is 24.3 Å². The van der Waals surface area contributed by atoms with Crippen molar-refractivity contribution >= 4 is 5.97 Å². The van der Waals surface area contributed by atoms with Gasteiger partial charge in [-0.2, -0.15) is 0 Å². The van der Waals surface area contributed by atoms with Crippen LogP contribution in [0.25, 0.3) is 0 Å². The quantitative estimate of drug-likeness (QED) is 0.455. The average Bonchev–Trinajstić information content (AvgIpc) is 2.73. The molecule has 1 aliphatic carbocycles. The fourth-order valence-corrected chi connectivity index (χ4v) is 3.37. The topological polar surface area (TPSA) is 35.5 Å². The predicted molar refractivity (Wildman–Crippen MR) is 105 cm³/mol. The Kier molecular flexibility index (Phi) is 5.20. The Balaban J connectivity index is 1.37. The third-order valence-corrected chi connectivity index (χ3v) is 4.87. The number of fused-ring (bicyclic) bond motifs is 1. The highest BCUT2D eigenvalue weighted by molar-refractivity contribution is 5.91. The monoisotopic (exact) mass is 358 g/mol. The molecule has 0 aromatic heterocycles. The Labute approximate surface area is 159 Å². The van der Waals surface area contributed by atoms with Gasteiger partial charge < -0.3 is 9.47 Å². The molecule has 0 aliphatic heterocycles. The van der Waals surface area contributed by atoms with Gasteiger partial charge in [-0.15, -0.1) is 0 Å². The van der Waals surface area contributed by atoms with E-state index in [4.69, 9.17) is 9.47 Å². The van der Waals surface area contributed by atoms with E-state index >= 15 is 0 Å². The van der Waals surface area contributed by atoms with Crippen molar-refractivity contribution < 1.29 is 14.3 Å². The molecule has 4 rings (SSSR count). The van der Waals surface area contributed by atoms with Crippen LogP contribution in [0.5, 0.6) is 11.5 Å². The molecule has 1 aliphatic rings. The molecule has 0 saturated carbocycles. The smallest absolute Gasteiger partial charge is 0.343 e. The summed E-state index contributed by atoms with van der Waals surface area (Å²) < 4.78 is 11.3. The predicted octanol–water partition coefficient (Wildman–Crippen LogP) is 5.36. The van der Waals surface area contributed by atoms with Crippen molar-refractivity contribution in [3.8, 4) is 11.5 Å². The van der Waals surface area contributed by atoms with E-state index in [1.807, 2.05) is 42.5 Å².